The van der Waals surface area contributed by atoms with E-state index in [0.29, 0.717) is 5.56 Å². The number of hydrogen-bond acceptors (Lipinski definition) is 1. The molecule has 178 valence electrons. The van der Waals surface area contributed by atoms with E-state index in [4.69, 9.17) is 5.73 Å². The van der Waals surface area contributed by atoms with Crippen molar-refractivity contribution in [1.29, 1.82) is 0 Å². The van der Waals surface area contributed by atoms with Crippen molar-refractivity contribution in [2.75, 3.05) is 0 Å². The molecule has 4 rings (SSSR count). The number of hydrogen-bond donors (Lipinski definition) is 0. The maximum atomic E-state index is 11.4. The maximum absolute atomic E-state index is 11.4. The van der Waals surface area contributed by atoms with Crippen molar-refractivity contribution in [3.63, 3.8) is 0 Å². The van der Waals surface area contributed by atoms with Crippen LogP contribution in [0.1, 0.15) is 61.0 Å². The van der Waals surface area contributed by atoms with Crippen LogP contribution in [0, 0.1) is 0 Å². The molecule has 1 amide bonds. The van der Waals surface area contributed by atoms with Crippen LogP contribution >= 0.6 is 0 Å². The Bertz CT molecular complexity index is 1070. The van der Waals surface area contributed by atoms with Crippen molar-refractivity contribution in [2.24, 2.45) is 0 Å². The van der Waals surface area contributed by atoms with Gasteiger partial charge >= 0.3 is 21.7 Å². The monoisotopic (exact) mass is 545 g/mol. The fourth-order valence-electron chi connectivity index (χ4n) is 3.72. The van der Waals surface area contributed by atoms with Gasteiger partial charge in [0.1, 0.15) is 0 Å². The second-order valence-corrected chi connectivity index (χ2v) is 9.27. The molecule has 0 atom stereocenters. The van der Waals surface area contributed by atoms with E-state index in [0.717, 1.165) is 20.6 Å². The molecule has 0 fully saturated rings. The predicted molar refractivity (Wildman–Crippen MR) is 138 cm³/mol. The Hall–Kier alpha value is -1.49. The zero-order valence-electron chi connectivity index (χ0n) is 20.7. The molecule has 4 aromatic carbocycles. The quantitative estimate of drug-likeness (QED) is 0.288. The van der Waals surface area contributed by atoms with Gasteiger partial charge in [0.05, 0.1) is 5.91 Å². The van der Waals surface area contributed by atoms with Crippen molar-refractivity contribution in [3.8, 4) is 0 Å². The minimum atomic E-state index is -0.567. The van der Waals surface area contributed by atoms with Gasteiger partial charge in [-0.15, -0.1) is 39.7 Å². The minimum Gasteiger partial charge on any atom is -1.00 e. The van der Waals surface area contributed by atoms with Gasteiger partial charge < -0.3 is 35.3 Å². The molecule has 0 aliphatic heterocycles. The Labute approximate surface area is 235 Å². The zero-order chi connectivity index (χ0) is 23.0. The summed E-state index contributed by atoms with van der Waals surface area (Å²) >= 11 is 0. The van der Waals surface area contributed by atoms with Gasteiger partial charge in [-0.2, -0.15) is 0 Å². The fourth-order valence-corrected chi connectivity index (χ4v) is 3.72. The molecule has 2 radical (unpaired) electrons. The Morgan fingerprint density at radius 2 is 1.09 bits per heavy atom. The molecule has 0 heterocycles. The van der Waals surface area contributed by atoms with Crippen molar-refractivity contribution < 1.29 is 51.3 Å². The first-order valence-electron chi connectivity index (χ1n) is 10.8. The molecule has 6 heteroatoms. The van der Waals surface area contributed by atoms with Gasteiger partial charge in [0.2, 0.25) is 0 Å². The summed E-state index contributed by atoms with van der Waals surface area (Å²) < 4.78 is 0. The summed E-state index contributed by atoms with van der Waals surface area (Å²) in [5.74, 6) is 0.00370. The third-order valence-corrected chi connectivity index (χ3v) is 5.12. The van der Waals surface area contributed by atoms with Gasteiger partial charge in [0.25, 0.3) is 0 Å². The Kier molecular flexibility index (Phi) is 17.4. The van der Waals surface area contributed by atoms with E-state index in [1.54, 1.807) is 0 Å². The number of carbonyl (C=O) groups is 1. The SMILES string of the molecule is CC(C)c1cccc(C(C)C)c1C([NH-])=O.C[Si]C.[Cl-].[Cl-].[Ti+4].c1ccc2c(c1)[cH-]c1ccccc12. The van der Waals surface area contributed by atoms with Gasteiger partial charge in [0.15, 0.2) is 0 Å². The summed E-state index contributed by atoms with van der Waals surface area (Å²) in [6.45, 7) is 12.5. The molecule has 0 saturated carbocycles. The predicted octanol–water partition coefficient (Wildman–Crippen LogP) is 2.63. The van der Waals surface area contributed by atoms with Crippen LogP contribution < -0.4 is 24.8 Å². The first kappa shape index (κ1) is 34.7. The molecule has 0 aliphatic rings. The first-order valence-corrected chi connectivity index (χ1v) is 12.8. The number of nitrogens with one attached hydrogen (secondary N) is 1. The van der Waals surface area contributed by atoms with Gasteiger partial charge in [0, 0.05) is 15.1 Å². The van der Waals surface area contributed by atoms with E-state index in [-0.39, 0.29) is 58.4 Å². The molecule has 0 spiro atoms. The van der Waals surface area contributed by atoms with E-state index in [1.807, 2.05) is 45.9 Å². The summed E-state index contributed by atoms with van der Waals surface area (Å²) in [5.41, 5.74) is 9.92. The molecule has 4 aromatic rings. The number of amides is 1. The third-order valence-electron chi connectivity index (χ3n) is 5.12. The topological polar surface area (TPSA) is 40.9 Å². The van der Waals surface area contributed by atoms with Gasteiger partial charge in [-0.05, 0) is 23.0 Å². The Morgan fingerprint density at radius 3 is 1.41 bits per heavy atom. The van der Waals surface area contributed by atoms with Crippen LogP contribution in [-0.4, -0.2) is 15.4 Å². The average molecular weight is 546 g/mol. The van der Waals surface area contributed by atoms with Crippen LogP contribution in [0.4, 0.5) is 0 Å². The van der Waals surface area contributed by atoms with Crippen molar-refractivity contribution >= 4 is 37.0 Å². The standard InChI is InChI=1S/C13H19NO.C13H9.C2H6Si.2ClH.Ti/c1-8(2)10-6-5-7-11(9(3)4)12(10)13(14)15;1-3-7-12-10(5-1)9-11-6-2-4-8-13(11)12;1-3-2;;;/h5-9H,1-4H3,(H2,14,15);1-9H;1-2H3;2*1H;/q;-1;;;;+4/p-3. The van der Waals surface area contributed by atoms with E-state index < -0.39 is 5.91 Å². The molecule has 0 aliphatic carbocycles. The molecule has 0 unspecified atom stereocenters. The van der Waals surface area contributed by atoms with Crippen LogP contribution in [0.3, 0.4) is 0 Å². The summed E-state index contributed by atoms with van der Waals surface area (Å²) in [6, 6.07) is 25.1. The molecule has 1 N–H and O–H groups in total. The van der Waals surface area contributed by atoms with E-state index in [2.05, 4.69) is 67.7 Å². The number of benzene rings is 3. The van der Waals surface area contributed by atoms with Crippen LogP contribution in [0.5, 0.6) is 0 Å². The smallest absolute Gasteiger partial charge is 1.00 e. The molecule has 0 saturated heterocycles. The Morgan fingerprint density at radius 1 is 0.735 bits per heavy atom. The molecular formula is C28H33Cl2NOSiTi. The van der Waals surface area contributed by atoms with E-state index in [9.17, 15) is 4.79 Å². The van der Waals surface area contributed by atoms with Crippen LogP contribution in [-0.2, 0) is 21.7 Å². The second-order valence-electron chi connectivity index (χ2n) is 8.27. The van der Waals surface area contributed by atoms with Gasteiger partial charge in [-0.1, -0.05) is 95.4 Å². The average Bonchev–Trinajstić information content (AvgIpc) is 3.13. The number of halogens is 2. The minimum absolute atomic E-state index is 0. The summed E-state index contributed by atoms with van der Waals surface area (Å²) in [7, 11) is 1.08. The van der Waals surface area contributed by atoms with E-state index >= 15 is 0 Å². The molecule has 34 heavy (non-hydrogen) atoms. The first-order chi connectivity index (χ1) is 14.8. The fraction of sp³-hybridized carbons (Fsp3) is 0.286. The molecule has 0 bridgehead atoms. The normalized spacial score (nSPS) is 9.65. The summed E-state index contributed by atoms with van der Waals surface area (Å²) in [4.78, 5) is 11.4. The van der Waals surface area contributed by atoms with Crippen LogP contribution in [0.15, 0.2) is 72.8 Å². The Balaban J connectivity index is 0. The number of carbonyl (C=O) groups excluding carboxylic acids is 1. The van der Waals surface area contributed by atoms with Crippen molar-refractivity contribution in [3.05, 3.63) is 95.2 Å². The zero-order valence-corrected chi connectivity index (χ0v) is 24.8. The maximum Gasteiger partial charge on any atom is 4.00 e. The molecular weight excluding hydrogens is 513 g/mol. The second kappa shape index (κ2) is 17.0. The van der Waals surface area contributed by atoms with Crippen molar-refractivity contribution in [1.82, 2.24) is 0 Å². The third kappa shape index (κ3) is 8.94. The van der Waals surface area contributed by atoms with Crippen LogP contribution in [0.25, 0.3) is 27.3 Å². The number of rotatable bonds is 3. The summed E-state index contributed by atoms with van der Waals surface area (Å²) in [5, 5.41) is 5.39. The molecule has 0 aromatic heterocycles. The van der Waals surface area contributed by atoms with E-state index in [1.165, 1.54) is 21.5 Å². The molecule has 2 nitrogen and oxygen atoms in total. The van der Waals surface area contributed by atoms with Gasteiger partial charge in [-0.3, -0.25) is 0 Å². The van der Waals surface area contributed by atoms with Gasteiger partial charge in [-0.25, -0.2) is 0 Å². The number of fused-ring (bicyclic) bond motifs is 3. The van der Waals surface area contributed by atoms with Crippen LogP contribution in [0.2, 0.25) is 13.1 Å². The summed E-state index contributed by atoms with van der Waals surface area (Å²) in [6.07, 6.45) is 0. The van der Waals surface area contributed by atoms with Crippen molar-refractivity contribution in [2.45, 2.75) is 52.6 Å². The largest absolute Gasteiger partial charge is 4.00 e.